The Morgan fingerprint density at radius 1 is 1.33 bits per heavy atom. The van der Waals surface area contributed by atoms with Crippen LogP contribution in [-0.2, 0) is 27.0 Å². The number of cyclic esters (lactones) is 1. The Balaban J connectivity index is 1.61. The van der Waals surface area contributed by atoms with Crippen molar-refractivity contribution in [3.63, 3.8) is 0 Å². The van der Waals surface area contributed by atoms with Crippen LogP contribution in [0.5, 0.6) is 0 Å². The largest absolute Gasteiger partial charge is 0.457 e. The minimum Gasteiger partial charge on any atom is -0.457 e. The van der Waals surface area contributed by atoms with Crippen molar-refractivity contribution in [2.45, 2.75) is 43.3 Å². The lowest BCUT2D eigenvalue weighted by Crippen LogP contribution is -2.34. The lowest BCUT2D eigenvalue weighted by Gasteiger charge is -2.20. The molecule has 1 saturated heterocycles. The second kappa shape index (κ2) is 6.11. The number of rotatable bonds is 4. The number of nitrogens with zero attached hydrogens (tertiary/aromatic N) is 3. The third-order valence-electron chi connectivity index (χ3n) is 4.87. The van der Waals surface area contributed by atoms with Crippen molar-refractivity contribution >= 4 is 16.0 Å². The van der Waals surface area contributed by atoms with Gasteiger partial charge in [-0.3, -0.25) is 0 Å². The first-order valence-electron chi connectivity index (χ1n) is 8.57. The predicted molar refractivity (Wildman–Crippen MR) is 91.2 cm³/mol. The molecule has 3 heterocycles. The van der Waals surface area contributed by atoms with Gasteiger partial charge in [0.05, 0.1) is 17.0 Å². The number of fused-ring (bicyclic) bond motifs is 1. The number of ether oxygens (including phenoxy) is 1. The summed E-state index contributed by atoms with van der Waals surface area (Å²) in [6.45, 7) is 3.83. The molecular formula is C17H19N3O6S. The fourth-order valence-corrected chi connectivity index (χ4v) is 4.72. The van der Waals surface area contributed by atoms with Gasteiger partial charge in [-0.25, -0.2) is 13.2 Å². The maximum atomic E-state index is 13.0. The first kappa shape index (κ1) is 18.1. The Kier molecular flexibility index (Phi) is 4.09. The highest BCUT2D eigenvalue weighted by atomic mass is 32.2. The third kappa shape index (κ3) is 2.93. The molecule has 2 aromatic rings. The highest BCUT2D eigenvalue weighted by Gasteiger charge is 2.47. The van der Waals surface area contributed by atoms with Crippen LogP contribution >= 0.6 is 0 Å². The van der Waals surface area contributed by atoms with Gasteiger partial charge in [0, 0.05) is 24.4 Å². The normalized spacial score (nSPS) is 23.0. The second-order valence-electron chi connectivity index (χ2n) is 7.13. The highest BCUT2D eigenvalue weighted by molar-refractivity contribution is 7.89. The van der Waals surface area contributed by atoms with Crippen LogP contribution in [0.3, 0.4) is 0 Å². The average Bonchev–Trinajstić information content (AvgIpc) is 3.34. The van der Waals surface area contributed by atoms with Crippen LogP contribution in [0.15, 0.2) is 27.6 Å². The maximum absolute atomic E-state index is 13.0. The van der Waals surface area contributed by atoms with Crippen LogP contribution in [-0.4, -0.2) is 47.0 Å². The number of sulfonamides is 1. The Labute approximate surface area is 156 Å². The Bertz CT molecular complexity index is 1020. The molecule has 10 heteroatoms. The predicted octanol–water partition coefficient (Wildman–Crippen LogP) is 1.15. The van der Waals surface area contributed by atoms with Gasteiger partial charge in [0.15, 0.2) is 11.4 Å². The van der Waals surface area contributed by atoms with Crippen molar-refractivity contribution in [3.8, 4) is 0 Å². The van der Waals surface area contributed by atoms with Crippen LogP contribution < -0.4 is 0 Å². The van der Waals surface area contributed by atoms with Crippen LogP contribution in [0, 0.1) is 0 Å². The third-order valence-corrected chi connectivity index (χ3v) is 6.71. The van der Waals surface area contributed by atoms with Crippen molar-refractivity contribution in [2.75, 3.05) is 13.1 Å². The number of aliphatic hydroxyl groups is 1. The van der Waals surface area contributed by atoms with Gasteiger partial charge in [0.1, 0.15) is 6.61 Å². The van der Waals surface area contributed by atoms with Crippen LogP contribution in [0.25, 0.3) is 0 Å². The summed E-state index contributed by atoms with van der Waals surface area (Å²) >= 11 is 0. The summed E-state index contributed by atoms with van der Waals surface area (Å²) in [5.41, 5.74) is -0.629. The zero-order chi connectivity index (χ0) is 19.4. The summed E-state index contributed by atoms with van der Waals surface area (Å²) in [6.07, 6.45) is 0.138. The molecule has 1 atom stereocenters. The van der Waals surface area contributed by atoms with Crippen molar-refractivity contribution in [1.29, 1.82) is 0 Å². The molecule has 0 radical (unpaired) electrons. The fraction of sp³-hybridized carbons (Fsp3) is 0.471. The molecule has 0 spiro atoms. The van der Waals surface area contributed by atoms with E-state index in [2.05, 4.69) is 10.1 Å². The van der Waals surface area contributed by atoms with Crippen molar-refractivity contribution in [1.82, 2.24) is 14.4 Å². The van der Waals surface area contributed by atoms with Gasteiger partial charge < -0.3 is 14.4 Å². The molecule has 1 aromatic carbocycles. The van der Waals surface area contributed by atoms with E-state index in [1.54, 1.807) is 6.07 Å². The monoisotopic (exact) mass is 393 g/mol. The smallest absolute Gasteiger partial charge is 0.338 e. The Morgan fingerprint density at radius 3 is 2.81 bits per heavy atom. The minimum absolute atomic E-state index is 0.0152. The molecule has 0 bridgehead atoms. The van der Waals surface area contributed by atoms with Crippen LogP contribution in [0.1, 0.15) is 53.8 Å². The summed E-state index contributed by atoms with van der Waals surface area (Å²) < 4.78 is 37.2. The van der Waals surface area contributed by atoms with Gasteiger partial charge in [-0.1, -0.05) is 25.1 Å². The summed E-state index contributed by atoms with van der Waals surface area (Å²) in [5, 5.41) is 14.7. The Hall–Kier alpha value is -2.30. The molecule has 9 nitrogen and oxygen atoms in total. The first-order chi connectivity index (χ1) is 12.7. The van der Waals surface area contributed by atoms with Crippen molar-refractivity contribution in [2.24, 2.45) is 0 Å². The van der Waals surface area contributed by atoms with E-state index in [1.807, 2.05) is 13.8 Å². The molecule has 1 fully saturated rings. The van der Waals surface area contributed by atoms with Crippen molar-refractivity contribution in [3.05, 3.63) is 41.0 Å². The van der Waals surface area contributed by atoms with E-state index in [1.165, 1.54) is 12.1 Å². The molecular weight excluding hydrogens is 374 g/mol. The number of hydrogen-bond acceptors (Lipinski definition) is 8. The van der Waals surface area contributed by atoms with Gasteiger partial charge in [-0.2, -0.15) is 9.29 Å². The minimum atomic E-state index is -3.90. The topological polar surface area (TPSA) is 123 Å². The molecule has 2 aliphatic heterocycles. The van der Waals surface area contributed by atoms with Gasteiger partial charge in [0.25, 0.3) is 5.89 Å². The lowest BCUT2D eigenvalue weighted by atomic mass is 10.0. The molecule has 0 amide bonds. The average molecular weight is 393 g/mol. The standard InChI is InChI=1S/C17H19N3O6S/c1-10(2)14-18-16(26-19-14)17(22)5-6-20(9-17)27(23,24)12-4-3-11-8-25-15(21)13(11)7-12/h3-4,7,10,22H,5-6,8-9H2,1-2H3/t17-/m0/s1. The molecule has 1 aromatic heterocycles. The number of benzene rings is 1. The molecule has 144 valence electrons. The highest BCUT2D eigenvalue weighted by Crippen LogP contribution is 2.35. The van der Waals surface area contributed by atoms with E-state index in [-0.39, 0.29) is 48.4 Å². The lowest BCUT2D eigenvalue weighted by molar-refractivity contribution is 0.0194. The van der Waals surface area contributed by atoms with Gasteiger partial charge in [-0.05, 0) is 12.1 Å². The van der Waals surface area contributed by atoms with Gasteiger partial charge >= 0.3 is 5.97 Å². The van der Waals surface area contributed by atoms with Crippen LogP contribution in [0.2, 0.25) is 0 Å². The van der Waals surface area contributed by atoms with Gasteiger partial charge in [-0.15, -0.1) is 0 Å². The first-order valence-corrected chi connectivity index (χ1v) is 10.0. The van der Waals surface area contributed by atoms with Crippen LogP contribution in [0.4, 0.5) is 0 Å². The molecule has 0 saturated carbocycles. The van der Waals surface area contributed by atoms with Gasteiger partial charge in [0.2, 0.25) is 10.0 Å². The van der Waals surface area contributed by atoms with E-state index in [9.17, 15) is 18.3 Å². The quantitative estimate of drug-likeness (QED) is 0.767. The van der Waals surface area contributed by atoms with E-state index < -0.39 is 21.6 Å². The van der Waals surface area contributed by atoms with Crippen molar-refractivity contribution < 1.29 is 27.6 Å². The molecule has 2 aliphatic rings. The number of hydrogen-bond donors (Lipinski definition) is 1. The fourth-order valence-electron chi connectivity index (χ4n) is 3.20. The van der Waals surface area contributed by atoms with E-state index in [0.29, 0.717) is 11.4 Å². The zero-order valence-electron chi connectivity index (χ0n) is 14.9. The number of β-amino-alcohol motifs (C(OH)–C–C–N with tert-alkyl or cyclic N) is 1. The summed E-state index contributed by atoms with van der Waals surface area (Å²) in [6, 6.07) is 4.33. The summed E-state index contributed by atoms with van der Waals surface area (Å²) in [7, 11) is -3.90. The molecule has 4 rings (SSSR count). The maximum Gasteiger partial charge on any atom is 0.338 e. The molecule has 1 N–H and O–H groups in total. The number of carbonyl (C=O) groups is 1. The number of esters is 1. The summed E-state index contributed by atoms with van der Waals surface area (Å²) in [4.78, 5) is 15.9. The molecule has 27 heavy (non-hydrogen) atoms. The Morgan fingerprint density at radius 2 is 2.11 bits per heavy atom. The van der Waals surface area contributed by atoms with E-state index in [0.717, 1.165) is 4.31 Å². The summed E-state index contributed by atoms with van der Waals surface area (Å²) in [5.74, 6) is -0.0381. The molecule has 0 unspecified atom stereocenters. The second-order valence-corrected chi connectivity index (χ2v) is 9.07. The molecule has 0 aliphatic carbocycles. The number of carbonyl (C=O) groups excluding carboxylic acids is 1. The SMILES string of the molecule is CC(C)c1noc([C@]2(O)CCN(S(=O)(=O)c3ccc4c(c3)C(=O)OC4)C2)n1. The number of aromatic nitrogens is 2. The van der Waals surface area contributed by atoms with E-state index >= 15 is 0 Å². The zero-order valence-corrected chi connectivity index (χ0v) is 15.7. The van der Waals surface area contributed by atoms with E-state index in [4.69, 9.17) is 9.26 Å².